The molecule has 4 nitrogen and oxygen atoms in total. The highest BCUT2D eigenvalue weighted by Crippen LogP contribution is 2.32. The first-order valence-corrected chi connectivity index (χ1v) is 6.93. The quantitative estimate of drug-likeness (QED) is 0.790. The van der Waals surface area contributed by atoms with Gasteiger partial charge in [-0.05, 0) is 51.8 Å². The van der Waals surface area contributed by atoms with E-state index in [1.165, 1.54) is 18.2 Å². The largest absolute Gasteiger partial charge is 0.457 e. The van der Waals surface area contributed by atoms with Gasteiger partial charge in [0.05, 0.1) is 5.56 Å². The van der Waals surface area contributed by atoms with Crippen LogP contribution in [0.25, 0.3) is 0 Å². The standard InChI is InChI=1S/C15H10BrFO4/c16-12-6-10(17)2-3-11(12)15(18)19-7-9-1-4-13-14(5-9)21-8-20-13/h1-6H,7-8H2. The first-order valence-electron chi connectivity index (χ1n) is 6.14. The summed E-state index contributed by atoms with van der Waals surface area (Å²) >= 11 is 3.14. The molecule has 2 aromatic rings. The van der Waals surface area contributed by atoms with Crippen LogP contribution in [-0.2, 0) is 11.3 Å². The first-order chi connectivity index (χ1) is 10.1. The molecule has 0 radical (unpaired) electrons. The molecule has 0 N–H and O–H groups in total. The van der Waals surface area contributed by atoms with Crippen LogP contribution < -0.4 is 9.47 Å². The van der Waals surface area contributed by atoms with E-state index >= 15 is 0 Å². The molecule has 0 aliphatic carbocycles. The number of ether oxygens (including phenoxy) is 3. The number of hydrogen-bond acceptors (Lipinski definition) is 4. The highest BCUT2D eigenvalue weighted by molar-refractivity contribution is 9.10. The van der Waals surface area contributed by atoms with Crippen LogP contribution in [-0.4, -0.2) is 12.8 Å². The third kappa shape index (κ3) is 3.00. The van der Waals surface area contributed by atoms with Gasteiger partial charge in [-0.2, -0.15) is 0 Å². The monoisotopic (exact) mass is 352 g/mol. The molecule has 1 aliphatic heterocycles. The van der Waals surface area contributed by atoms with Crippen molar-refractivity contribution in [3.05, 3.63) is 57.8 Å². The Morgan fingerprint density at radius 1 is 1.19 bits per heavy atom. The molecule has 0 spiro atoms. The summed E-state index contributed by atoms with van der Waals surface area (Å²) < 4.78 is 29.0. The topological polar surface area (TPSA) is 44.8 Å². The van der Waals surface area contributed by atoms with Gasteiger partial charge in [0.25, 0.3) is 0 Å². The smallest absolute Gasteiger partial charge is 0.339 e. The van der Waals surface area contributed by atoms with Gasteiger partial charge in [-0.1, -0.05) is 6.07 Å². The van der Waals surface area contributed by atoms with Gasteiger partial charge in [-0.3, -0.25) is 0 Å². The molecule has 2 aromatic carbocycles. The van der Waals surface area contributed by atoms with Crippen molar-refractivity contribution in [2.45, 2.75) is 6.61 Å². The minimum absolute atomic E-state index is 0.0965. The minimum Gasteiger partial charge on any atom is -0.457 e. The summed E-state index contributed by atoms with van der Waals surface area (Å²) in [5.41, 5.74) is 1.06. The fourth-order valence-electron chi connectivity index (χ4n) is 1.91. The number of carbonyl (C=O) groups is 1. The molecule has 0 saturated heterocycles. The molecule has 0 bridgehead atoms. The molecule has 6 heteroatoms. The number of rotatable bonds is 3. The van der Waals surface area contributed by atoms with Gasteiger partial charge in [0.1, 0.15) is 12.4 Å². The molecule has 21 heavy (non-hydrogen) atoms. The van der Waals surface area contributed by atoms with Crippen molar-refractivity contribution in [2.24, 2.45) is 0 Å². The second kappa shape index (κ2) is 5.73. The number of esters is 1. The van der Waals surface area contributed by atoms with Crippen LogP contribution in [0, 0.1) is 5.82 Å². The van der Waals surface area contributed by atoms with Crippen molar-refractivity contribution in [1.29, 1.82) is 0 Å². The Bertz CT molecular complexity index is 702. The van der Waals surface area contributed by atoms with Crippen LogP contribution >= 0.6 is 15.9 Å². The summed E-state index contributed by atoms with van der Waals surface area (Å²) in [4.78, 5) is 12.0. The number of benzene rings is 2. The van der Waals surface area contributed by atoms with Crippen molar-refractivity contribution < 1.29 is 23.4 Å². The van der Waals surface area contributed by atoms with Crippen molar-refractivity contribution in [1.82, 2.24) is 0 Å². The van der Waals surface area contributed by atoms with Crippen LogP contribution in [0.15, 0.2) is 40.9 Å². The average molecular weight is 353 g/mol. The number of halogens is 2. The molecule has 0 amide bonds. The van der Waals surface area contributed by atoms with Crippen LogP contribution in [0.2, 0.25) is 0 Å². The van der Waals surface area contributed by atoms with E-state index in [1.807, 2.05) is 0 Å². The van der Waals surface area contributed by atoms with Crippen molar-refractivity contribution >= 4 is 21.9 Å². The third-order valence-corrected chi connectivity index (χ3v) is 3.61. The summed E-state index contributed by atoms with van der Waals surface area (Å²) in [5, 5.41) is 0. The van der Waals surface area contributed by atoms with Gasteiger partial charge >= 0.3 is 5.97 Å². The van der Waals surface area contributed by atoms with Gasteiger partial charge in [-0.15, -0.1) is 0 Å². The molecule has 0 atom stereocenters. The Morgan fingerprint density at radius 2 is 2.00 bits per heavy atom. The fourth-order valence-corrected chi connectivity index (χ4v) is 2.43. The van der Waals surface area contributed by atoms with Crippen LogP contribution in [0.1, 0.15) is 15.9 Å². The summed E-state index contributed by atoms with van der Waals surface area (Å²) in [6.07, 6.45) is 0. The second-order valence-corrected chi connectivity index (χ2v) is 5.24. The highest BCUT2D eigenvalue weighted by atomic mass is 79.9. The van der Waals surface area contributed by atoms with E-state index < -0.39 is 11.8 Å². The van der Waals surface area contributed by atoms with Gasteiger partial charge < -0.3 is 14.2 Å². The van der Waals surface area contributed by atoms with E-state index in [9.17, 15) is 9.18 Å². The number of carbonyl (C=O) groups excluding carboxylic acids is 1. The zero-order valence-corrected chi connectivity index (χ0v) is 12.4. The van der Waals surface area contributed by atoms with Crippen LogP contribution in [0.4, 0.5) is 4.39 Å². The van der Waals surface area contributed by atoms with Crippen LogP contribution in [0.5, 0.6) is 11.5 Å². The number of fused-ring (bicyclic) bond motifs is 1. The predicted octanol–water partition coefficient (Wildman–Crippen LogP) is 3.67. The van der Waals surface area contributed by atoms with Crippen LogP contribution in [0.3, 0.4) is 0 Å². The molecule has 0 aromatic heterocycles. The third-order valence-electron chi connectivity index (χ3n) is 2.96. The van der Waals surface area contributed by atoms with Crippen molar-refractivity contribution in [3.8, 4) is 11.5 Å². The van der Waals surface area contributed by atoms with Gasteiger partial charge in [0, 0.05) is 4.47 Å². The first kappa shape index (κ1) is 13.9. The fraction of sp³-hybridized carbons (Fsp3) is 0.133. The van der Waals surface area contributed by atoms with Gasteiger partial charge in [0.2, 0.25) is 6.79 Å². The highest BCUT2D eigenvalue weighted by Gasteiger charge is 2.15. The van der Waals surface area contributed by atoms with Gasteiger partial charge in [0.15, 0.2) is 11.5 Å². The maximum absolute atomic E-state index is 13.0. The summed E-state index contributed by atoms with van der Waals surface area (Å²) in [6, 6.07) is 9.12. The summed E-state index contributed by atoms with van der Waals surface area (Å²) in [5.74, 6) is 0.353. The van der Waals surface area contributed by atoms with E-state index in [0.29, 0.717) is 16.0 Å². The lowest BCUT2D eigenvalue weighted by Crippen LogP contribution is -2.06. The summed E-state index contributed by atoms with van der Waals surface area (Å²) in [7, 11) is 0. The van der Waals surface area contributed by atoms with Crippen molar-refractivity contribution in [3.63, 3.8) is 0 Å². The zero-order valence-electron chi connectivity index (χ0n) is 10.8. The molecular formula is C15H10BrFO4. The molecule has 0 saturated carbocycles. The second-order valence-electron chi connectivity index (χ2n) is 4.39. The molecule has 0 unspecified atom stereocenters. The van der Waals surface area contributed by atoms with E-state index in [4.69, 9.17) is 14.2 Å². The van der Waals surface area contributed by atoms with Crippen molar-refractivity contribution in [2.75, 3.05) is 6.79 Å². The van der Waals surface area contributed by atoms with E-state index in [1.54, 1.807) is 18.2 Å². The molecule has 0 fully saturated rings. The Balaban J connectivity index is 1.68. The van der Waals surface area contributed by atoms with E-state index in [-0.39, 0.29) is 19.0 Å². The Hall–Kier alpha value is -2.08. The maximum Gasteiger partial charge on any atom is 0.339 e. The zero-order chi connectivity index (χ0) is 14.8. The predicted molar refractivity (Wildman–Crippen MR) is 75.8 cm³/mol. The molecule has 1 heterocycles. The lowest BCUT2D eigenvalue weighted by molar-refractivity contribution is 0.0471. The van der Waals surface area contributed by atoms with E-state index in [2.05, 4.69) is 15.9 Å². The Morgan fingerprint density at radius 3 is 2.81 bits per heavy atom. The lowest BCUT2D eigenvalue weighted by Gasteiger charge is -2.07. The lowest BCUT2D eigenvalue weighted by atomic mass is 10.2. The number of hydrogen-bond donors (Lipinski definition) is 0. The molecular weight excluding hydrogens is 343 g/mol. The maximum atomic E-state index is 13.0. The minimum atomic E-state index is -0.528. The van der Waals surface area contributed by atoms with Gasteiger partial charge in [-0.25, -0.2) is 9.18 Å². The molecule has 1 aliphatic rings. The Kier molecular flexibility index (Phi) is 3.79. The SMILES string of the molecule is O=C(OCc1ccc2c(c1)OCO2)c1ccc(F)cc1Br. The Labute approximate surface area is 128 Å². The molecule has 3 rings (SSSR count). The molecule has 108 valence electrons. The van der Waals surface area contributed by atoms with E-state index in [0.717, 1.165) is 5.56 Å². The average Bonchev–Trinajstić information content (AvgIpc) is 2.92. The summed E-state index contributed by atoms with van der Waals surface area (Å²) in [6.45, 7) is 0.292. The normalized spacial score (nSPS) is 12.3.